The first kappa shape index (κ1) is 27.2. The zero-order valence-corrected chi connectivity index (χ0v) is 23.6. The summed E-state index contributed by atoms with van der Waals surface area (Å²) in [6.45, 7) is 0. The number of alkyl halides is 6. The van der Waals surface area contributed by atoms with Gasteiger partial charge in [0.2, 0.25) is 0 Å². The zero-order valence-electron chi connectivity index (χ0n) is 22.0. The van der Waals surface area contributed by atoms with Crippen LogP contribution in [-0.4, -0.2) is 0 Å². The minimum Gasteiger partial charge on any atom is -0.166 e. The molecule has 0 saturated heterocycles. The molecule has 7 rings (SSSR count). The Hall–Kier alpha value is -3.62. The molecule has 0 nitrogen and oxygen atoms in total. The summed E-state index contributed by atoms with van der Waals surface area (Å²) in [6, 6.07) is 23.8. The molecule has 0 unspecified atom stereocenters. The fourth-order valence-corrected chi connectivity index (χ4v) is 8.14. The molecule has 0 fully saturated rings. The third-order valence-corrected chi connectivity index (χ3v) is 10.4. The first-order chi connectivity index (χ1) is 20.0. The summed E-state index contributed by atoms with van der Waals surface area (Å²) in [7, 11) is 0. The Morgan fingerprint density at radius 1 is 0.452 bits per heavy atom. The number of rotatable bonds is 6. The SMILES string of the molecule is FC(F)(F)c1ccc(CCc2cc3ccc4c(c3s2)-c2ccc3cc(CCc5ccc(C(F)(F)F)cc5)sc3c2-4)cc1. The summed E-state index contributed by atoms with van der Waals surface area (Å²) in [5, 5.41) is 2.35. The van der Waals surface area contributed by atoms with Crippen LogP contribution < -0.4 is 0 Å². The average Bonchev–Trinajstić information content (AvgIpc) is 3.54. The van der Waals surface area contributed by atoms with Gasteiger partial charge in [0.1, 0.15) is 0 Å². The second-order valence-corrected chi connectivity index (χ2v) is 12.9. The van der Waals surface area contributed by atoms with Crippen molar-refractivity contribution < 1.29 is 26.3 Å². The van der Waals surface area contributed by atoms with E-state index in [-0.39, 0.29) is 0 Å². The molecule has 0 atom stereocenters. The summed E-state index contributed by atoms with van der Waals surface area (Å²) >= 11 is 3.50. The maximum absolute atomic E-state index is 12.9. The molecule has 0 radical (unpaired) electrons. The lowest BCUT2D eigenvalue weighted by molar-refractivity contribution is -0.138. The molecule has 212 valence electrons. The molecule has 0 aliphatic heterocycles. The maximum Gasteiger partial charge on any atom is 0.416 e. The fraction of sp³-hybridized carbons (Fsp3) is 0.176. The third-order valence-electron chi connectivity index (χ3n) is 7.90. The fourth-order valence-electron chi connectivity index (χ4n) is 5.70. The molecule has 0 saturated carbocycles. The number of thiophene rings is 2. The van der Waals surface area contributed by atoms with Gasteiger partial charge in [0.05, 0.1) is 11.1 Å². The quantitative estimate of drug-likeness (QED) is 0.165. The Balaban J connectivity index is 1.09. The van der Waals surface area contributed by atoms with Gasteiger partial charge >= 0.3 is 12.4 Å². The van der Waals surface area contributed by atoms with Crippen molar-refractivity contribution in [3.8, 4) is 22.3 Å². The van der Waals surface area contributed by atoms with Gasteiger partial charge in [-0.25, -0.2) is 0 Å². The van der Waals surface area contributed by atoms with E-state index in [1.54, 1.807) is 46.9 Å². The van der Waals surface area contributed by atoms with Gasteiger partial charge in [0, 0.05) is 30.3 Å². The van der Waals surface area contributed by atoms with Gasteiger partial charge in [-0.1, -0.05) is 48.5 Å². The van der Waals surface area contributed by atoms with E-state index in [2.05, 4.69) is 36.4 Å². The number of hydrogen-bond donors (Lipinski definition) is 0. The molecule has 0 bridgehead atoms. The van der Waals surface area contributed by atoms with E-state index in [0.29, 0.717) is 12.8 Å². The van der Waals surface area contributed by atoms with Crippen molar-refractivity contribution in [1.29, 1.82) is 0 Å². The first-order valence-electron chi connectivity index (χ1n) is 13.5. The highest BCUT2D eigenvalue weighted by Crippen LogP contribution is 2.56. The van der Waals surface area contributed by atoms with Crippen LogP contribution in [0.3, 0.4) is 0 Å². The van der Waals surface area contributed by atoms with Crippen LogP contribution in [0.4, 0.5) is 26.3 Å². The van der Waals surface area contributed by atoms with Gasteiger partial charge in [-0.15, -0.1) is 22.7 Å². The number of hydrogen-bond acceptors (Lipinski definition) is 2. The van der Waals surface area contributed by atoms with E-state index in [4.69, 9.17) is 0 Å². The zero-order chi connectivity index (χ0) is 29.2. The van der Waals surface area contributed by atoms with Gasteiger partial charge in [0.15, 0.2) is 0 Å². The standard InChI is InChI=1S/C34H22F6S2/c35-33(36,37)23-9-1-19(2-10-23)5-13-25-17-21-7-15-27-29(31(21)41-25)28-16-8-22-18-26(42-32(22)30(27)28)14-6-20-3-11-24(12-4-20)34(38,39)40/h1-4,7-12,15-18H,5-6,13-14H2. The summed E-state index contributed by atoms with van der Waals surface area (Å²) in [4.78, 5) is 2.41. The molecular formula is C34H22F6S2. The normalized spacial score (nSPS) is 12.9. The highest BCUT2D eigenvalue weighted by Gasteiger charge is 2.31. The van der Waals surface area contributed by atoms with Crippen molar-refractivity contribution in [3.63, 3.8) is 0 Å². The van der Waals surface area contributed by atoms with Crippen LogP contribution in [-0.2, 0) is 38.0 Å². The summed E-state index contributed by atoms with van der Waals surface area (Å²) in [5.74, 6) is 0. The number of aryl methyl sites for hydroxylation is 4. The molecule has 2 aromatic heterocycles. The smallest absolute Gasteiger partial charge is 0.166 e. The second-order valence-electron chi connectivity index (χ2n) is 10.6. The molecule has 0 amide bonds. The molecular weight excluding hydrogens is 586 g/mol. The lowest BCUT2D eigenvalue weighted by Crippen LogP contribution is -2.04. The Bertz CT molecular complexity index is 1780. The third kappa shape index (κ3) is 4.90. The van der Waals surface area contributed by atoms with Crippen molar-refractivity contribution in [2.45, 2.75) is 38.0 Å². The van der Waals surface area contributed by atoms with Gasteiger partial charge in [0.25, 0.3) is 0 Å². The van der Waals surface area contributed by atoms with E-state index in [1.165, 1.54) is 52.2 Å². The van der Waals surface area contributed by atoms with Gasteiger partial charge in [-0.3, -0.25) is 0 Å². The Labute approximate surface area is 245 Å². The predicted octanol–water partition coefficient (Wildman–Crippen LogP) is 11.4. The first-order valence-corrected chi connectivity index (χ1v) is 15.1. The summed E-state index contributed by atoms with van der Waals surface area (Å²) < 4.78 is 79.7. The molecule has 42 heavy (non-hydrogen) atoms. The van der Waals surface area contributed by atoms with E-state index in [1.807, 2.05) is 0 Å². The van der Waals surface area contributed by atoms with Crippen molar-refractivity contribution in [2.24, 2.45) is 0 Å². The summed E-state index contributed by atoms with van der Waals surface area (Å²) in [6.07, 6.45) is -5.78. The van der Waals surface area contributed by atoms with Crippen LogP contribution in [0.1, 0.15) is 32.0 Å². The van der Waals surface area contributed by atoms with Crippen molar-refractivity contribution in [3.05, 3.63) is 117 Å². The Kier molecular flexibility index (Phi) is 6.47. The number of fused-ring (bicyclic) bond motifs is 8. The molecule has 6 aromatic rings. The van der Waals surface area contributed by atoms with Crippen LogP contribution >= 0.6 is 22.7 Å². The minimum atomic E-state index is -4.33. The Morgan fingerprint density at radius 2 is 0.833 bits per heavy atom. The molecule has 2 heterocycles. The average molecular weight is 609 g/mol. The van der Waals surface area contributed by atoms with Crippen LogP contribution in [0.15, 0.2) is 84.9 Å². The molecule has 1 aliphatic carbocycles. The molecule has 1 aliphatic rings. The van der Waals surface area contributed by atoms with Crippen LogP contribution in [0.2, 0.25) is 0 Å². The molecule has 0 spiro atoms. The summed E-state index contributed by atoms with van der Waals surface area (Å²) in [5.41, 5.74) is 5.49. The van der Waals surface area contributed by atoms with Crippen molar-refractivity contribution in [1.82, 2.24) is 0 Å². The lowest BCUT2D eigenvalue weighted by Gasteiger charge is -2.25. The molecule has 8 heteroatoms. The molecule has 0 N–H and O–H groups in total. The van der Waals surface area contributed by atoms with Crippen LogP contribution in [0.25, 0.3) is 42.4 Å². The monoisotopic (exact) mass is 608 g/mol. The highest BCUT2D eigenvalue weighted by molar-refractivity contribution is 7.20. The highest BCUT2D eigenvalue weighted by atomic mass is 32.1. The maximum atomic E-state index is 12.9. The number of benzene rings is 4. The Morgan fingerprint density at radius 3 is 1.19 bits per heavy atom. The van der Waals surface area contributed by atoms with E-state index >= 15 is 0 Å². The predicted molar refractivity (Wildman–Crippen MR) is 159 cm³/mol. The topological polar surface area (TPSA) is 0 Å². The van der Waals surface area contributed by atoms with Crippen LogP contribution in [0.5, 0.6) is 0 Å². The minimum absolute atomic E-state index is 0.628. The molecule has 4 aromatic carbocycles. The lowest BCUT2D eigenvalue weighted by atomic mass is 9.79. The van der Waals surface area contributed by atoms with E-state index in [9.17, 15) is 26.3 Å². The number of halogens is 6. The van der Waals surface area contributed by atoms with E-state index in [0.717, 1.165) is 48.2 Å². The van der Waals surface area contributed by atoms with Gasteiger partial charge < -0.3 is 0 Å². The largest absolute Gasteiger partial charge is 0.416 e. The van der Waals surface area contributed by atoms with Gasteiger partial charge in [-0.2, -0.15) is 26.3 Å². The van der Waals surface area contributed by atoms with Crippen molar-refractivity contribution in [2.75, 3.05) is 0 Å². The second kappa shape index (κ2) is 9.99. The van der Waals surface area contributed by atoms with Crippen molar-refractivity contribution >= 4 is 42.8 Å². The van der Waals surface area contributed by atoms with Crippen LogP contribution in [0, 0.1) is 0 Å². The van der Waals surface area contributed by atoms with Gasteiger partial charge in [-0.05, 0) is 95.1 Å². The van der Waals surface area contributed by atoms with E-state index < -0.39 is 23.5 Å².